The summed E-state index contributed by atoms with van der Waals surface area (Å²) in [6.07, 6.45) is 0.548. The Hall–Kier alpha value is -0.590. The van der Waals surface area contributed by atoms with E-state index in [-0.39, 0.29) is 6.61 Å². The van der Waals surface area contributed by atoms with Crippen molar-refractivity contribution < 1.29 is 22.5 Å². The van der Waals surface area contributed by atoms with Crippen molar-refractivity contribution in [3.05, 3.63) is 10.4 Å². The lowest BCUT2D eigenvalue weighted by Gasteiger charge is -2.02. The number of rotatable bonds is 4. The molecule has 0 aliphatic heterocycles. The van der Waals surface area contributed by atoms with Crippen LogP contribution in [0.25, 0.3) is 0 Å². The molecular weight excluding hydrogens is 220 g/mol. The molecule has 0 fully saturated rings. The second-order valence-electron chi connectivity index (χ2n) is 2.08. The van der Waals surface area contributed by atoms with Crippen molar-refractivity contribution in [3.63, 3.8) is 0 Å². The maximum absolute atomic E-state index is 10.9. The Morgan fingerprint density at radius 2 is 2.15 bits per heavy atom. The number of carbonyl (C=O) groups excluding carboxylic acids is 1. The third-order valence-electron chi connectivity index (χ3n) is 1.02. The van der Waals surface area contributed by atoms with Crippen LogP contribution in [0.4, 0.5) is 0 Å². The average Bonchev–Trinajstić information content (AvgIpc) is 1.99. The van der Waals surface area contributed by atoms with E-state index in [1.54, 1.807) is 6.92 Å². The lowest BCUT2D eigenvalue weighted by molar-refractivity contribution is -0.138. The lowest BCUT2D eigenvalue weighted by Crippen LogP contribution is -2.15. The molecule has 0 heterocycles. The first-order valence-electron chi connectivity index (χ1n) is 3.38. The zero-order valence-electron chi connectivity index (χ0n) is 6.86. The van der Waals surface area contributed by atoms with Gasteiger partial charge in [-0.1, -0.05) is 18.5 Å². The van der Waals surface area contributed by atoms with Crippen molar-refractivity contribution in [2.24, 2.45) is 0 Å². The normalized spacial score (nSPS) is 12.7. The Balaban J connectivity index is 4.55. The van der Waals surface area contributed by atoms with Crippen LogP contribution >= 0.6 is 11.6 Å². The van der Waals surface area contributed by atoms with Crippen LogP contribution in [-0.2, 0) is 19.6 Å². The van der Waals surface area contributed by atoms with Crippen molar-refractivity contribution in [3.8, 4) is 0 Å². The largest absolute Gasteiger partial charge is 0.462 e. The molecule has 76 valence electrons. The summed E-state index contributed by atoms with van der Waals surface area (Å²) in [6.45, 7) is 1.81. The van der Waals surface area contributed by atoms with Gasteiger partial charge < -0.3 is 4.74 Å². The summed E-state index contributed by atoms with van der Waals surface area (Å²) in [5.41, 5.74) is 0.466. The van der Waals surface area contributed by atoms with Gasteiger partial charge >= 0.3 is 16.1 Å². The minimum Gasteiger partial charge on any atom is -0.462 e. The van der Waals surface area contributed by atoms with Gasteiger partial charge in [0.15, 0.2) is 4.91 Å². The third-order valence-corrected chi connectivity index (χ3v) is 2.20. The van der Waals surface area contributed by atoms with Gasteiger partial charge in [0.2, 0.25) is 0 Å². The molecule has 0 aliphatic carbocycles. The van der Waals surface area contributed by atoms with Crippen LogP contribution in [0.2, 0.25) is 0 Å². The van der Waals surface area contributed by atoms with Gasteiger partial charge in [0.25, 0.3) is 0 Å². The summed E-state index contributed by atoms with van der Waals surface area (Å²) in [5, 5.41) is 0. The van der Waals surface area contributed by atoms with Crippen LogP contribution in [0.1, 0.15) is 13.3 Å². The summed E-state index contributed by atoms with van der Waals surface area (Å²) in [7, 11) is -4.59. The molecule has 0 aromatic heterocycles. The summed E-state index contributed by atoms with van der Waals surface area (Å²) in [5.74, 6) is -1.15. The summed E-state index contributed by atoms with van der Waals surface area (Å²) >= 11 is 5.02. The number of hydrogen-bond acceptors (Lipinski definition) is 4. The second kappa shape index (κ2) is 5.21. The van der Waals surface area contributed by atoms with E-state index in [0.29, 0.717) is 12.0 Å². The van der Waals surface area contributed by atoms with E-state index in [9.17, 15) is 13.2 Å². The molecular formula is C6H9ClO5S. The molecule has 7 heteroatoms. The SMILES string of the molecule is CCCOC(=O)C(=CCl)S(=O)(=O)O. The quantitative estimate of drug-likeness (QED) is 0.439. The lowest BCUT2D eigenvalue weighted by atomic mass is 10.5. The molecule has 0 spiro atoms. The molecule has 5 nitrogen and oxygen atoms in total. The van der Waals surface area contributed by atoms with Crippen LogP contribution in [0.15, 0.2) is 10.4 Å². The monoisotopic (exact) mass is 228 g/mol. The predicted octanol–water partition coefficient (Wildman–Crippen LogP) is 0.908. The molecule has 0 aromatic carbocycles. The Kier molecular flexibility index (Phi) is 4.97. The number of esters is 1. The Labute approximate surface area is 81.1 Å². The van der Waals surface area contributed by atoms with Gasteiger partial charge in [0.05, 0.1) is 6.61 Å². The number of ether oxygens (including phenoxy) is 1. The van der Waals surface area contributed by atoms with E-state index in [2.05, 4.69) is 4.74 Å². The minimum atomic E-state index is -4.59. The highest BCUT2D eigenvalue weighted by Gasteiger charge is 2.23. The molecule has 0 bridgehead atoms. The van der Waals surface area contributed by atoms with Gasteiger partial charge in [-0.05, 0) is 6.42 Å². The zero-order valence-corrected chi connectivity index (χ0v) is 8.43. The van der Waals surface area contributed by atoms with Gasteiger partial charge in [0, 0.05) is 5.54 Å². The first-order valence-corrected chi connectivity index (χ1v) is 5.26. The Morgan fingerprint density at radius 3 is 2.46 bits per heavy atom. The smallest absolute Gasteiger partial charge is 0.353 e. The summed E-state index contributed by atoms with van der Waals surface area (Å²) in [6, 6.07) is 0. The van der Waals surface area contributed by atoms with Crippen LogP contribution in [0.3, 0.4) is 0 Å². The van der Waals surface area contributed by atoms with Gasteiger partial charge in [-0.2, -0.15) is 8.42 Å². The maximum Gasteiger partial charge on any atom is 0.353 e. The Morgan fingerprint density at radius 1 is 1.62 bits per heavy atom. The molecule has 0 amide bonds. The standard InChI is InChI=1S/C6H9ClO5S/c1-2-3-12-6(8)5(4-7)13(9,10)11/h4H,2-3H2,1H3,(H,9,10,11). The van der Waals surface area contributed by atoms with E-state index in [0.717, 1.165) is 0 Å². The number of hydrogen-bond donors (Lipinski definition) is 1. The maximum atomic E-state index is 10.9. The van der Waals surface area contributed by atoms with Crippen LogP contribution in [-0.4, -0.2) is 25.5 Å². The number of carbonyl (C=O) groups is 1. The fraction of sp³-hybridized carbons (Fsp3) is 0.500. The highest BCUT2D eigenvalue weighted by atomic mass is 35.5. The van der Waals surface area contributed by atoms with E-state index >= 15 is 0 Å². The Bertz CT molecular complexity index is 305. The zero-order chi connectivity index (χ0) is 10.5. The van der Waals surface area contributed by atoms with E-state index in [1.807, 2.05) is 0 Å². The molecule has 0 aromatic rings. The third kappa shape index (κ3) is 4.25. The molecule has 13 heavy (non-hydrogen) atoms. The molecule has 0 aliphatic rings. The average molecular weight is 229 g/mol. The van der Waals surface area contributed by atoms with Gasteiger partial charge in [-0.15, -0.1) is 0 Å². The summed E-state index contributed by atoms with van der Waals surface area (Å²) in [4.78, 5) is 9.91. The molecule has 0 atom stereocenters. The summed E-state index contributed by atoms with van der Waals surface area (Å²) < 4.78 is 33.8. The number of halogens is 1. The van der Waals surface area contributed by atoms with Crippen LogP contribution in [0, 0.1) is 0 Å². The predicted molar refractivity (Wildman–Crippen MR) is 46.7 cm³/mol. The molecule has 0 saturated carbocycles. The fourth-order valence-corrected chi connectivity index (χ4v) is 1.28. The van der Waals surface area contributed by atoms with E-state index in [4.69, 9.17) is 16.2 Å². The van der Waals surface area contributed by atoms with Crippen LogP contribution in [0.5, 0.6) is 0 Å². The van der Waals surface area contributed by atoms with Crippen molar-refractivity contribution >= 4 is 27.7 Å². The highest BCUT2D eigenvalue weighted by Crippen LogP contribution is 2.08. The van der Waals surface area contributed by atoms with Gasteiger partial charge in [0.1, 0.15) is 0 Å². The fourth-order valence-electron chi connectivity index (χ4n) is 0.472. The van der Waals surface area contributed by atoms with Gasteiger partial charge in [-0.25, -0.2) is 4.79 Å². The van der Waals surface area contributed by atoms with E-state index in [1.165, 1.54) is 0 Å². The van der Waals surface area contributed by atoms with Crippen molar-refractivity contribution in [1.82, 2.24) is 0 Å². The molecule has 0 saturated heterocycles. The first-order chi connectivity index (χ1) is 5.93. The minimum absolute atomic E-state index is 0.0720. The second-order valence-corrected chi connectivity index (χ2v) is 3.69. The van der Waals surface area contributed by atoms with Crippen LogP contribution < -0.4 is 0 Å². The molecule has 0 radical (unpaired) electrons. The molecule has 0 rings (SSSR count). The van der Waals surface area contributed by atoms with Crippen molar-refractivity contribution in [2.45, 2.75) is 13.3 Å². The van der Waals surface area contributed by atoms with Crippen molar-refractivity contribution in [2.75, 3.05) is 6.61 Å². The molecule has 0 unspecified atom stereocenters. The first kappa shape index (κ1) is 12.4. The van der Waals surface area contributed by atoms with Crippen molar-refractivity contribution in [1.29, 1.82) is 0 Å². The van der Waals surface area contributed by atoms with E-state index < -0.39 is 21.0 Å². The highest BCUT2D eigenvalue weighted by molar-refractivity contribution is 7.90. The topological polar surface area (TPSA) is 80.7 Å². The van der Waals surface area contributed by atoms with Gasteiger partial charge in [-0.3, -0.25) is 4.55 Å². The molecule has 1 N–H and O–H groups in total.